The minimum Gasteiger partial charge on any atom is 0 e. The smallest absolute Gasteiger partial charge is 0 e. The maximum atomic E-state index is 7.39. The van der Waals surface area contributed by atoms with Crippen LogP contribution in [0.1, 0.15) is 0 Å². The zero-order valence-electron chi connectivity index (χ0n) is 2.68. The third kappa shape index (κ3) is 2.80. The number of rotatable bonds is 2. The predicted molar refractivity (Wildman–Crippen MR) is 14.0 cm³/mol. The van der Waals surface area contributed by atoms with Gasteiger partial charge in [-0.15, -0.1) is 0 Å². The maximum Gasteiger partial charge on any atom is 0 e. The van der Waals surface area contributed by atoms with Crippen molar-refractivity contribution >= 4 is 0 Å². The molecule has 0 N–H and O–H groups in total. The van der Waals surface area contributed by atoms with Crippen LogP contribution >= 0.6 is 0 Å². The minimum atomic E-state index is 2.13. The Morgan fingerprint density at radius 1 is 0.833 bits per heavy atom. The van der Waals surface area contributed by atoms with Crippen LogP contribution in [0.25, 0.3) is 0 Å². The highest BCUT2D eigenvalue weighted by Gasteiger charge is 1.54. The van der Waals surface area contributed by atoms with E-state index in [1.165, 1.54) is 0 Å². The Labute approximate surface area is 33.2 Å². The van der Waals surface area contributed by atoms with Gasteiger partial charge in [-0.1, -0.05) is 0 Å². The van der Waals surface area contributed by atoms with Gasteiger partial charge in [-0.3, -0.25) is 0 Å². The van der Waals surface area contributed by atoms with Crippen molar-refractivity contribution in [3.63, 3.8) is 0 Å². The summed E-state index contributed by atoms with van der Waals surface area (Å²) in [6.45, 7) is 0. The van der Waals surface area contributed by atoms with E-state index in [0.29, 0.717) is 0 Å². The van der Waals surface area contributed by atoms with E-state index in [1.807, 2.05) is 0 Å². The van der Waals surface area contributed by atoms with Crippen LogP contribution in [0.2, 0.25) is 0 Å². The summed E-state index contributed by atoms with van der Waals surface area (Å²) in [5.74, 6) is 0. The van der Waals surface area contributed by atoms with Crippen LogP contribution < -0.4 is 11.1 Å². The van der Waals surface area contributed by atoms with Crippen molar-refractivity contribution in [1.29, 1.82) is 0 Å². The highest BCUT2D eigenvalue weighted by molar-refractivity contribution is 3.95. The first-order valence-corrected chi connectivity index (χ1v) is 1.000. The summed E-state index contributed by atoms with van der Waals surface area (Å²) >= 11 is 0. The van der Waals surface area contributed by atoms with E-state index in [4.69, 9.17) is 11.1 Å². The normalized spacial score (nSPS) is 8.67. The molecule has 0 bridgehead atoms. The lowest BCUT2D eigenvalue weighted by atomic mass is 12.5. The van der Waals surface area contributed by atoms with Crippen LogP contribution in [0.3, 0.4) is 0 Å². The van der Waals surface area contributed by atoms with Gasteiger partial charge in [0.2, 0.25) is 0 Å². The molecule has 0 fully saturated rings. The maximum absolute atomic E-state index is 7.39. The van der Waals surface area contributed by atoms with Crippen LogP contribution in [0.15, 0.2) is 20.9 Å². The van der Waals surface area contributed by atoms with Crippen molar-refractivity contribution in [3.8, 4) is 0 Å². The van der Waals surface area contributed by atoms with E-state index in [-0.39, 0.29) is 0 Å². The molecule has 0 saturated carbocycles. The fourth-order valence-electron chi connectivity index (χ4n) is 0.0358. The van der Waals surface area contributed by atoms with E-state index >= 15 is 0 Å². The Morgan fingerprint density at radius 3 is 1.33 bits per heavy atom. The Balaban J connectivity index is 3.17. The third-order valence-electron chi connectivity index (χ3n) is 0.120. The van der Waals surface area contributed by atoms with Crippen molar-refractivity contribution in [2.24, 2.45) is 20.9 Å². The van der Waals surface area contributed by atoms with Crippen LogP contribution in [-0.2, 0) is 0 Å². The van der Waals surface area contributed by atoms with Gasteiger partial charge in [0, 0.05) is 32.0 Å². The molecule has 0 aromatic rings. The first-order chi connectivity index (χ1) is 2.91. The fourth-order valence-corrected chi connectivity index (χ4v) is 0.0358. The van der Waals surface area contributed by atoms with Crippen LogP contribution in [-0.4, -0.2) is 0 Å². The summed E-state index contributed by atoms with van der Waals surface area (Å²) in [6, 6.07) is 0. The molecule has 0 aliphatic carbocycles. The second kappa shape index (κ2) is 3.80. The topological polar surface area (TPSA) is 94.0 Å². The molecule has 6 heavy (non-hydrogen) atoms. The van der Waals surface area contributed by atoms with Crippen molar-refractivity contribution < 1.29 is 0 Å². The van der Waals surface area contributed by atoms with Gasteiger partial charge >= 0.3 is 0 Å². The molecule has 0 aromatic carbocycles. The number of hydrogen-bond acceptors (Lipinski definition) is 0. The molecule has 30 valence electrons. The van der Waals surface area contributed by atoms with Gasteiger partial charge in [-0.2, -0.15) is 0 Å². The molecule has 0 amide bonds. The summed E-state index contributed by atoms with van der Waals surface area (Å²) in [4.78, 5) is 0. The molecule has 2 radical (unpaired) electrons. The second-order valence-electron chi connectivity index (χ2n) is 0.358. The van der Waals surface area contributed by atoms with E-state index in [0.717, 1.165) is 0 Å². The van der Waals surface area contributed by atoms with Crippen molar-refractivity contribution in [3.05, 3.63) is 0 Å². The SMILES string of the molecule is [N]=N/N=N/N=[N]. The standard InChI is InChI=1S/N6/c1-3-5-6-4-2/b6-5+. The van der Waals surface area contributed by atoms with Gasteiger partial charge in [-0.05, 0) is 0 Å². The fraction of sp³-hybridized carbons (Fsp3) is 0. The molecule has 0 aliphatic rings. The van der Waals surface area contributed by atoms with Crippen molar-refractivity contribution in [2.45, 2.75) is 0 Å². The number of nitrogens with zero attached hydrogens (tertiary/aromatic N) is 6. The largest absolute Gasteiger partial charge is 0 e. The summed E-state index contributed by atoms with van der Waals surface area (Å²) in [6.07, 6.45) is 0. The molecule has 0 unspecified atom stereocenters. The molecular weight excluding hydrogens is 84.0 g/mol. The lowest BCUT2D eigenvalue weighted by molar-refractivity contribution is 0.866. The molecule has 0 heterocycles. The van der Waals surface area contributed by atoms with Gasteiger partial charge in [0.05, 0.1) is 0 Å². The Bertz CT molecular complexity index is 58.1. The van der Waals surface area contributed by atoms with Gasteiger partial charge < -0.3 is 0 Å². The van der Waals surface area contributed by atoms with Crippen LogP contribution in [0, 0.1) is 0 Å². The van der Waals surface area contributed by atoms with E-state index in [1.54, 1.807) is 0 Å². The first-order valence-electron chi connectivity index (χ1n) is 1.000. The lowest BCUT2D eigenvalue weighted by Gasteiger charge is -1.53. The molecular formula is N6. The quantitative estimate of drug-likeness (QED) is 0.326. The molecule has 0 aromatic heterocycles. The van der Waals surface area contributed by atoms with Gasteiger partial charge in [-0.25, -0.2) is 0 Å². The summed E-state index contributed by atoms with van der Waals surface area (Å²) < 4.78 is 0. The summed E-state index contributed by atoms with van der Waals surface area (Å²) in [5.41, 5.74) is 14.8. The highest BCUT2D eigenvalue weighted by Crippen LogP contribution is 1.68. The van der Waals surface area contributed by atoms with E-state index in [2.05, 4.69) is 20.9 Å². The highest BCUT2D eigenvalue weighted by atomic mass is 15.5. The molecule has 0 atom stereocenters. The Morgan fingerprint density at radius 2 is 1.17 bits per heavy atom. The number of hydrogen-bond donors (Lipinski definition) is 0. The van der Waals surface area contributed by atoms with Crippen molar-refractivity contribution in [2.75, 3.05) is 0 Å². The lowest BCUT2D eigenvalue weighted by Crippen LogP contribution is -1.44. The van der Waals surface area contributed by atoms with E-state index < -0.39 is 0 Å². The van der Waals surface area contributed by atoms with Crippen LogP contribution in [0.5, 0.6) is 0 Å². The molecule has 0 spiro atoms. The third-order valence-corrected chi connectivity index (χ3v) is 0.120. The summed E-state index contributed by atoms with van der Waals surface area (Å²) in [5, 5.41) is 9.22. The van der Waals surface area contributed by atoms with Gasteiger partial charge in [0.1, 0.15) is 0 Å². The monoisotopic (exact) mass is 84.0 g/mol. The minimum absolute atomic E-state index is 2.13. The summed E-state index contributed by atoms with van der Waals surface area (Å²) in [7, 11) is 0. The predicted octanol–water partition coefficient (Wildman–Crippen LogP) is -0.227. The van der Waals surface area contributed by atoms with Gasteiger partial charge in [0.25, 0.3) is 0 Å². The zero-order valence-corrected chi connectivity index (χ0v) is 2.68. The Hall–Kier alpha value is -1.20. The molecule has 6 nitrogen and oxygen atoms in total. The van der Waals surface area contributed by atoms with Crippen LogP contribution in [0.4, 0.5) is 0 Å². The van der Waals surface area contributed by atoms with Crippen molar-refractivity contribution in [1.82, 2.24) is 11.1 Å². The Kier molecular flexibility index (Phi) is 3.04. The average Bonchev–Trinajstić information content (AvgIpc) is 1.61. The van der Waals surface area contributed by atoms with E-state index in [9.17, 15) is 0 Å². The van der Waals surface area contributed by atoms with Gasteiger partial charge in [0.15, 0.2) is 0 Å². The second-order valence-corrected chi connectivity index (χ2v) is 0.358. The molecule has 6 heteroatoms. The first kappa shape index (κ1) is 4.80. The average molecular weight is 84.0 g/mol. The molecule has 0 aliphatic heterocycles. The molecule has 0 saturated heterocycles. The zero-order chi connectivity index (χ0) is 4.83. The molecule has 0 rings (SSSR count).